The normalized spacial score (nSPS) is 16.1. The number of methoxy groups -OCH3 is 1. The van der Waals surface area contributed by atoms with E-state index in [0.29, 0.717) is 0 Å². The molecule has 0 unspecified atom stereocenters. The molecule has 1 aromatic carbocycles. The molecule has 1 saturated heterocycles. The van der Waals surface area contributed by atoms with Gasteiger partial charge in [0.1, 0.15) is 11.5 Å². The molecule has 3 nitrogen and oxygen atoms in total. The first-order valence-corrected chi connectivity index (χ1v) is 7.69. The van der Waals surface area contributed by atoms with E-state index in [1.54, 1.807) is 7.11 Å². The molecule has 20 heavy (non-hydrogen) atoms. The zero-order valence-electron chi connectivity index (χ0n) is 12.5. The zero-order valence-corrected chi connectivity index (χ0v) is 12.5. The van der Waals surface area contributed by atoms with Crippen molar-refractivity contribution in [1.29, 1.82) is 0 Å². The van der Waals surface area contributed by atoms with Gasteiger partial charge >= 0.3 is 0 Å². The van der Waals surface area contributed by atoms with Gasteiger partial charge in [0.05, 0.1) is 13.7 Å². The highest BCUT2D eigenvalue weighted by molar-refractivity contribution is 5.32. The van der Waals surface area contributed by atoms with Gasteiger partial charge in [-0.2, -0.15) is 0 Å². The quantitative estimate of drug-likeness (QED) is 0.678. The van der Waals surface area contributed by atoms with Crippen LogP contribution in [0.5, 0.6) is 11.5 Å². The van der Waals surface area contributed by atoms with Crippen LogP contribution < -0.4 is 9.47 Å². The largest absolute Gasteiger partial charge is 0.497 e. The van der Waals surface area contributed by atoms with E-state index >= 15 is 0 Å². The summed E-state index contributed by atoms with van der Waals surface area (Å²) >= 11 is 0. The minimum atomic E-state index is 0.793. The fraction of sp³-hybridized carbons (Fsp3) is 0.588. The first kappa shape index (κ1) is 15.2. The van der Waals surface area contributed by atoms with Gasteiger partial charge in [-0.3, -0.25) is 0 Å². The van der Waals surface area contributed by atoms with E-state index < -0.39 is 0 Å². The minimum absolute atomic E-state index is 0.793. The molecule has 1 radical (unpaired) electrons. The summed E-state index contributed by atoms with van der Waals surface area (Å²) in [6.45, 7) is 4.54. The summed E-state index contributed by atoms with van der Waals surface area (Å²) in [4.78, 5) is 2.57. The Labute approximate surface area is 122 Å². The van der Waals surface area contributed by atoms with Gasteiger partial charge < -0.3 is 14.4 Å². The van der Waals surface area contributed by atoms with Crippen LogP contribution in [0.1, 0.15) is 32.1 Å². The second-order valence-corrected chi connectivity index (χ2v) is 5.30. The molecule has 0 N–H and O–H groups in total. The molecule has 1 aliphatic heterocycles. The van der Waals surface area contributed by atoms with Gasteiger partial charge in [-0.25, -0.2) is 0 Å². The van der Waals surface area contributed by atoms with E-state index in [2.05, 4.69) is 11.3 Å². The van der Waals surface area contributed by atoms with Gasteiger partial charge in [-0.05, 0) is 70.3 Å². The first-order valence-electron chi connectivity index (χ1n) is 7.69. The summed E-state index contributed by atoms with van der Waals surface area (Å²) in [6, 6.07) is 7.81. The molecule has 1 aromatic rings. The summed E-state index contributed by atoms with van der Waals surface area (Å²) < 4.78 is 10.9. The number of hydrogen-bond donors (Lipinski definition) is 0. The molecule has 0 spiro atoms. The summed E-state index contributed by atoms with van der Waals surface area (Å²) in [5.74, 6) is 1.75. The van der Waals surface area contributed by atoms with Crippen LogP contribution >= 0.6 is 0 Å². The number of nitrogens with zero attached hydrogens (tertiary/aromatic N) is 1. The molecule has 1 heterocycles. The predicted molar refractivity (Wildman–Crippen MR) is 82.3 cm³/mol. The molecule has 1 aliphatic rings. The van der Waals surface area contributed by atoms with Crippen molar-refractivity contribution in [3.63, 3.8) is 0 Å². The molecular formula is C17H26NO2. The highest BCUT2D eigenvalue weighted by atomic mass is 16.5. The van der Waals surface area contributed by atoms with Crippen LogP contribution in [0.25, 0.3) is 0 Å². The average molecular weight is 276 g/mol. The van der Waals surface area contributed by atoms with Crippen molar-refractivity contribution >= 4 is 0 Å². The number of unbranched alkanes of at least 4 members (excludes halogenated alkanes) is 2. The number of ether oxygens (including phenoxy) is 2. The monoisotopic (exact) mass is 276 g/mol. The van der Waals surface area contributed by atoms with Gasteiger partial charge in [-0.1, -0.05) is 6.07 Å². The topological polar surface area (TPSA) is 21.7 Å². The van der Waals surface area contributed by atoms with Crippen LogP contribution in [0.3, 0.4) is 0 Å². The van der Waals surface area contributed by atoms with Gasteiger partial charge in [0.15, 0.2) is 0 Å². The first-order chi connectivity index (χ1) is 9.88. The molecule has 0 amide bonds. The van der Waals surface area contributed by atoms with Crippen LogP contribution in [-0.4, -0.2) is 38.3 Å². The van der Waals surface area contributed by atoms with E-state index in [1.807, 2.05) is 24.3 Å². The molecule has 0 aliphatic carbocycles. The van der Waals surface area contributed by atoms with Crippen molar-refractivity contribution in [3.8, 4) is 11.5 Å². The molecule has 0 atom stereocenters. The van der Waals surface area contributed by atoms with E-state index in [4.69, 9.17) is 9.47 Å². The smallest absolute Gasteiger partial charge is 0.122 e. The SMILES string of the molecule is COc1cccc(OCCCCCN2CC[CH]CC2)c1. The number of likely N-dealkylation sites (tertiary alicyclic amines) is 1. The molecule has 1 fully saturated rings. The van der Waals surface area contributed by atoms with Crippen LogP contribution in [-0.2, 0) is 0 Å². The lowest BCUT2D eigenvalue weighted by atomic mass is 10.1. The number of benzene rings is 1. The van der Waals surface area contributed by atoms with Crippen LogP contribution in [0.4, 0.5) is 0 Å². The van der Waals surface area contributed by atoms with Crippen molar-refractivity contribution < 1.29 is 9.47 Å². The summed E-state index contributed by atoms with van der Waals surface area (Å²) in [6.07, 6.45) is 8.57. The molecule has 2 rings (SSSR count). The Balaban J connectivity index is 1.52. The Morgan fingerprint density at radius 1 is 1.05 bits per heavy atom. The Kier molecular flexibility index (Phi) is 6.72. The second kappa shape index (κ2) is 8.85. The highest BCUT2D eigenvalue weighted by Gasteiger charge is 2.08. The lowest BCUT2D eigenvalue weighted by Gasteiger charge is -2.26. The maximum atomic E-state index is 5.74. The van der Waals surface area contributed by atoms with Crippen LogP contribution in [0.15, 0.2) is 24.3 Å². The Morgan fingerprint density at radius 3 is 2.65 bits per heavy atom. The third-order valence-electron chi connectivity index (χ3n) is 3.73. The summed E-state index contributed by atoms with van der Waals surface area (Å²) in [7, 11) is 1.68. The third-order valence-corrected chi connectivity index (χ3v) is 3.73. The predicted octanol–water partition coefficient (Wildman–Crippen LogP) is 3.54. The molecule has 3 heteroatoms. The Hall–Kier alpha value is -1.22. The molecular weight excluding hydrogens is 250 g/mol. The Morgan fingerprint density at radius 2 is 1.85 bits per heavy atom. The molecule has 0 bridgehead atoms. The minimum Gasteiger partial charge on any atom is -0.497 e. The summed E-state index contributed by atoms with van der Waals surface area (Å²) in [5, 5.41) is 0. The van der Waals surface area contributed by atoms with Gasteiger partial charge in [-0.15, -0.1) is 0 Å². The zero-order chi connectivity index (χ0) is 14.0. The lowest BCUT2D eigenvalue weighted by Crippen LogP contribution is -2.30. The lowest BCUT2D eigenvalue weighted by molar-refractivity contribution is 0.242. The van der Waals surface area contributed by atoms with Crippen molar-refractivity contribution in [2.45, 2.75) is 32.1 Å². The third kappa shape index (κ3) is 5.41. The maximum Gasteiger partial charge on any atom is 0.122 e. The number of rotatable bonds is 8. The van der Waals surface area contributed by atoms with Crippen LogP contribution in [0.2, 0.25) is 0 Å². The molecule has 111 valence electrons. The van der Waals surface area contributed by atoms with E-state index in [1.165, 1.54) is 45.3 Å². The standard InChI is InChI=1S/C17H26NO2/c1-19-16-9-8-10-17(15-16)20-14-7-3-6-13-18-11-4-2-5-12-18/h2,8-10,15H,3-7,11-14H2,1H3. The fourth-order valence-corrected chi connectivity index (χ4v) is 2.52. The molecule has 0 aromatic heterocycles. The van der Waals surface area contributed by atoms with Gasteiger partial charge in [0, 0.05) is 6.07 Å². The van der Waals surface area contributed by atoms with E-state index in [-0.39, 0.29) is 0 Å². The van der Waals surface area contributed by atoms with Gasteiger partial charge in [0.2, 0.25) is 0 Å². The highest BCUT2D eigenvalue weighted by Crippen LogP contribution is 2.19. The average Bonchev–Trinajstić information content (AvgIpc) is 2.52. The molecule has 0 saturated carbocycles. The van der Waals surface area contributed by atoms with Crippen molar-refractivity contribution in [2.75, 3.05) is 33.4 Å². The van der Waals surface area contributed by atoms with Gasteiger partial charge in [0.25, 0.3) is 0 Å². The Bertz CT molecular complexity index is 375. The number of hydrogen-bond acceptors (Lipinski definition) is 3. The number of piperidine rings is 1. The van der Waals surface area contributed by atoms with Crippen molar-refractivity contribution in [3.05, 3.63) is 30.7 Å². The van der Waals surface area contributed by atoms with Crippen molar-refractivity contribution in [2.24, 2.45) is 0 Å². The maximum absolute atomic E-state index is 5.74. The van der Waals surface area contributed by atoms with E-state index in [9.17, 15) is 0 Å². The summed E-state index contributed by atoms with van der Waals surface area (Å²) in [5.41, 5.74) is 0. The van der Waals surface area contributed by atoms with Crippen molar-refractivity contribution in [1.82, 2.24) is 4.90 Å². The van der Waals surface area contributed by atoms with E-state index in [0.717, 1.165) is 24.5 Å². The fourth-order valence-electron chi connectivity index (χ4n) is 2.52. The van der Waals surface area contributed by atoms with Crippen LogP contribution in [0, 0.1) is 6.42 Å². The second-order valence-electron chi connectivity index (χ2n) is 5.30.